The fourth-order valence-electron chi connectivity index (χ4n) is 10.4. The van der Waals surface area contributed by atoms with E-state index in [0.29, 0.717) is 0 Å². The molecule has 10 aromatic carbocycles. The summed E-state index contributed by atoms with van der Waals surface area (Å²) in [4.78, 5) is 7.72. The normalized spacial score (nSPS) is 13.2. The van der Waals surface area contributed by atoms with Crippen LogP contribution in [-0.2, 0) is 5.41 Å². The highest BCUT2D eigenvalue weighted by molar-refractivity contribution is 8.05. The Balaban J connectivity index is 0.791. The molecule has 318 valence electrons. The molecule has 2 nitrogen and oxygen atoms in total. The van der Waals surface area contributed by atoms with Crippen molar-refractivity contribution >= 4 is 62.4 Å². The zero-order valence-electron chi connectivity index (χ0n) is 37.2. The number of fused-ring (bicyclic) bond motifs is 8. The van der Waals surface area contributed by atoms with Gasteiger partial charge >= 0.3 is 0 Å². The summed E-state index contributed by atoms with van der Waals surface area (Å²) in [5.74, 6) is 0. The molecule has 0 bridgehead atoms. The maximum absolute atomic E-state index is 2.49. The van der Waals surface area contributed by atoms with Crippen LogP contribution in [0.5, 0.6) is 0 Å². The minimum Gasteiger partial charge on any atom is -0.311 e. The number of hydrogen-bond acceptors (Lipinski definition) is 3. The lowest BCUT2D eigenvalue weighted by Gasteiger charge is -2.26. The van der Waals surface area contributed by atoms with Gasteiger partial charge < -0.3 is 9.47 Å². The van der Waals surface area contributed by atoms with Gasteiger partial charge in [0.1, 0.15) is 0 Å². The molecule has 2 aliphatic rings. The van der Waals surface area contributed by atoms with Gasteiger partial charge in [0.2, 0.25) is 0 Å². The third-order valence-corrected chi connectivity index (χ3v) is 16.4. The summed E-state index contributed by atoms with van der Waals surface area (Å²) >= 11 is 3.81. The van der Waals surface area contributed by atoms with Gasteiger partial charge in [-0.2, -0.15) is 0 Å². The van der Waals surface area contributed by atoms with Gasteiger partial charge in [0.25, 0.3) is 0 Å². The van der Waals surface area contributed by atoms with Crippen molar-refractivity contribution in [3.8, 4) is 50.2 Å². The Morgan fingerprint density at radius 1 is 0.343 bits per heavy atom. The summed E-state index contributed by atoms with van der Waals surface area (Å²) in [5.41, 5.74) is 19.6. The van der Waals surface area contributed by atoms with E-state index in [1.54, 1.807) is 0 Å². The van der Waals surface area contributed by atoms with Crippen LogP contribution >= 0.6 is 23.5 Å². The zero-order chi connectivity index (χ0) is 44.6. The van der Waals surface area contributed by atoms with Gasteiger partial charge in [-0.15, -0.1) is 0 Å². The van der Waals surface area contributed by atoms with Gasteiger partial charge in [-0.1, -0.05) is 177 Å². The molecule has 0 spiro atoms. The molecule has 13 rings (SSSR count). The highest BCUT2D eigenvalue weighted by Gasteiger charge is 2.38. The molecule has 2 heterocycles. The van der Waals surface area contributed by atoms with Crippen LogP contribution in [0.4, 0.5) is 17.1 Å². The van der Waals surface area contributed by atoms with Gasteiger partial charge in [-0.05, 0) is 147 Å². The summed E-state index contributed by atoms with van der Waals surface area (Å²) in [6.07, 6.45) is 0. The first-order valence-electron chi connectivity index (χ1n) is 23.0. The Morgan fingerprint density at radius 3 is 1.37 bits per heavy atom. The molecule has 0 fully saturated rings. The van der Waals surface area contributed by atoms with E-state index in [2.05, 4.69) is 254 Å². The van der Waals surface area contributed by atoms with Crippen LogP contribution < -0.4 is 4.90 Å². The second-order valence-corrected chi connectivity index (χ2v) is 20.3. The Labute approximate surface area is 400 Å². The van der Waals surface area contributed by atoms with Crippen molar-refractivity contribution in [3.05, 3.63) is 242 Å². The van der Waals surface area contributed by atoms with Crippen LogP contribution in [0.2, 0.25) is 0 Å². The summed E-state index contributed by atoms with van der Waals surface area (Å²) in [6.45, 7) is 4.80. The van der Waals surface area contributed by atoms with Crippen LogP contribution in [0.1, 0.15) is 25.0 Å². The molecular formula is C63H44N2S2. The Kier molecular flexibility index (Phi) is 9.42. The molecule has 0 atom stereocenters. The van der Waals surface area contributed by atoms with Gasteiger partial charge in [-0.25, -0.2) is 0 Å². The molecule has 0 saturated heterocycles. The average Bonchev–Trinajstić information content (AvgIpc) is 3.82. The predicted octanol–water partition coefficient (Wildman–Crippen LogP) is 18.2. The molecule has 4 heteroatoms. The fourth-order valence-corrected chi connectivity index (χ4v) is 12.7. The first-order valence-corrected chi connectivity index (χ1v) is 24.6. The molecular weight excluding hydrogens is 849 g/mol. The van der Waals surface area contributed by atoms with E-state index in [0.717, 1.165) is 22.7 Å². The van der Waals surface area contributed by atoms with Crippen molar-refractivity contribution in [2.24, 2.45) is 0 Å². The van der Waals surface area contributed by atoms with Gasteiger partial charge in [0, 0.05) is 58.5 Å². The van der Waals surface area contributed by atoms with E-state index in [9.17, 15) is 0 Å². The Bertz CT molecular complexity index is 3670. The van der Waals surface area contributed by atoms with Gasteiger partial charge in [0.05, 0.1) is 11.0 Å². The van der Waals surface area contributed by atoms with E-state index >= 15 is 0 Å². The van der Waals surface area contributed by atoms with E-state index < -0.39 is 0 Å². The highest BCUT2D eigenvalue weighted by Crippen LogP contribution is 2.56. The average molecular weight is 893 g/mol. The molecule has 0 N–H and O–H groups in total. The second-order valence-electron chi connectivity index (χ2n) is 18.1. The summed E-state index contributed by atoms with van der Waals surface area (Å²) < 4.78 is 2.46. The van der Waals surface area contributed by atoms with Crippen LogP contribution in [0.3, 0.4) is 0 Å². The topological polar surface area (TPSA) is 8.17 Å². The summed E-state index contributed by atoms with van der Waals surface area (Å²) in [6, 6.07) is 84.6. The van der Waals surface area contributed by atoms with E-state index in [1.165, 1.54) is 97.0 Å². The van der Waals surface area contributed by atoms with Crippen molar-refractivity contribution in [3.63, 3.8) is 0 Å². The van der Waals surface area contributed by atoms with Crippen molar-refractivity contribution in [1.82, 2.24) is 4.57 Å². The van der Waals surface area contributed by atoms with Gasteiger partial charge in [-0.3, -0.25) is 0 Å². The molecule has 1 aromatic heterocycles. The standard InChI is InChI=1S/C63H44N2S2/c1-63(2)55-39-58-54(37-52(55)53-38-61-62(40-56(53)63)67-60-20-12-11-19-59(60)66-61)51-17-9-10-18-57(51)65(58)50-35-29-46(30-36-50)43-23-21-42(22-24-43)45-27-33-49(34-28-45)64(47-15-7-4-8-16-47)48-31-25-44(26-32-48)41-13-5-3-6-14-41/h3-40H,1-2H3. The molecule has 67 heavy (non-hydrogen) atoms. The molecule has 0 amide bonds. The van der Waals surface area contributed by atoms with Crippen molar-refractivity contribution in [2.45, 2.75) is 38.8 Å². The third kappa shape index (κ3) is 6.74. The first-order chi connectivity index (χ1) is 32.9. The molecule has 0 saturated carbocycles. The number of benzene rings is 10. The zero-order valence-corrected chi connectivity index (χ0v) is 38.8. The minimum absolute atomic E-state index is 0.131. The Morgan fingerprint density at radius 2 is 0.776 bits per heavy atom. The summed E-state index contributed by atoms with van der Waals surface area (Å²) in [5, 5.41) is 2.57. The van der Waals surface area contributed by atoms with Crippen LogP contribution in [0.15, 0.2) is 250 Å². The predicted molar refractivity (Wildman–Crippen MR) is 284 cm³/mol. The maximum atomic E-state index is 2.49. The van der Waals surface area contributed by atoms with E-state index in [1.807, 2.05) is 23.5 Å². The lowest BCUT2D eigenvalue weighted by atomic mass is 9.82. The molecule has 1 aliphatic heterocycles. The third-order valence-electron chi connectivity index (χ3n) is 13.9. The molecule has 11 aromatic rings. The molecule has 1 aliphatic carbocycles. The quantitative estimate of drug-likeness (QED) is 0.158. The monoisotopic (exact) mass is 892 g/mol. The van der Waals surface area contributed by atoms with Crippen LogP contribution in [0, 0.1) is 0 Å². The lowest BCUT2D eigenvalue weighted by molar-refractivity contribution is 0.658. The first kappa shape index (κ1) is 39.8. The number of para-hydroxylation sites is 2. The van der Waals surface area contributed by atoms with E-state index in [4.69, 9.17) is 0 Å². The van der Waals surface area contributed by atoms with Crippen LogP contribution in [0.25, 0.3) is 72.0 Å². The van der Waals surface area contributed by atoms with E-state index in [-0.39, 0.29) is 5.41 Å². The SMILES string of the molecule is CC1(C)c2cc3c(cc2-c2cc4c5ccccc5n(-c5ccc(-c6ccc(-c7ccc(N(c8ccccc8)c8ccc(-c9ccccc9)cc8)cc7)cc6)cc5)c4cc21)Sc1ccccc1S3. The lowest BCUT2D eigenvalue weighted by Crippen LogP contribution is -2.15. The van der Waals surface area contributed by atoms with Gasteiger partial charge in [0.15, 0.2) is 0 Å². The number of rotatable bonds is 7. The second kappa shape index (κ2) is 15.8. The Hall–Kier alpha value is -7.50. The molecule has 0 radical (unpaired) electrons. The number of nitrogens with zero attached hydrogens (tertiary/aromatic N) is 2. The summed E-state index contributed by atoms with van der Waals surface area (Å²) in [7, 11) is 0. The fraction of sp³-hybridized carbons (Fsp3) is 0.0476. The highest BCUT2D eigenvalue weighted by atomic mass is 32.2. The minimum atomic E-state index is -0.131. The smallest absolute Gasteiger partial charge is 0.0544 e. The maximum Gasteiger partial charge on any atom is 0.0544 e. The largest absolute Gasteiger partial charge is 0.311 e. The van der Waals surface area contributed by atoms with Crippen molar-refractivity contribution in [1.29, 1.82) is 0 Å². The number of anilines is 3. The number of hydrogen-bond donors (Lipinski definition) is 0. The van der Waals surface area contributed by atoms with Crippen molar-refractivity contribution < 1.29 is 0 Å². The van der Waals surface area contributed by atoms with Crippen molar-refractivity contribution in [2.75, 3.05) is 4.90 Å². The molecule has 0 unspecified atom stereocenters. The number of aromatic nitrogens is 1. The van der Waals surface area contributed by atoms with Crippen LogP contribution in [-0.4, -0.2) is 4.57 Å².